The molecule has 1 aliphatic rings. The van der Waals surface area contributed by atoms with Crippen molar-refractivity contribution in [3.63, 3.8) is 0 Å². The molecule has 0 bridgehead atoms. The second-order valence-electron chi connectivity index (χ2n) is 5.27. The summed E-state index contributed by atoms with van der Waals surface area (Å²) >= 11 is 0. The molecule has 1 fully saturated rings. The highest BCUT2D eigenvalue weighted by Gasteiger charge is 2.24. The van der Waals surface area contributed by atoms with Gasteiger partial charge in [0.25, 0.3) is 0 Å². The van der Waals surface area contributed by atoms with Crippen molar-refractivity contribution in [3.8, 4) is 0 Å². The summed E-state index contributed by atoms with van der Waals surface area (Å²) < 4.78 is 0. The van der Waals surface area contributed by atoms with Crippen molar-refractivity contribution >= 4 is 24.2 Å². The molecule has 0 aromatic rings. The fraction of sp³-hybridized carbons (Fsp3) is 0.857. The first-order chi connectivity index (χ1) is 9.08. The molecule has 5 nitrogen and oxygen atoms in total. The molecule has 0 saturated carbocycles. The lowest BCUT2D eigenvalue weighted by Gasteiger charge is -2.22. The van der Waals surface area contributed by atoms with Crippen LogP contribution in [0.2, 0.25) is 0 Å². The van der Waals surface area contributed by atoms with Gasteiger partial charge in [0.2, 0.25) is 11.8 Å². The quantitative estimate of drug-likeness (QED) is 0.773. The van der Waals surface area contributed by atoms with E-state index in [0.29, 0.717) is 19.4 Å². The minimum atomic E-state index is 0. The van der Waals surface area contributed by atoms with Crippen molar-refractivity contribution in [1.82, 2.24) is 9.80 Å². The van der Waals surface area contributed by atoms with E-state index in [0.717, 1.165) is 38.9 Å². The van der Waals surface area contributed by atoms with Gasteiger partial charge in [0.1, 0.15) is 0 Å². The lowest BCUT2D eigenvalue weighted by Crippen LogP contribution is -2.35. The van der Waals surface area contributed by atoms with E-state index in [2.05, 4.69) is 13.8 Å². The second kappa shape index (κ2) is 10.00. The Morgan fingerprint density at radius 2 is 1.80 bits per heavy atom. The molecule has 20 heavy (non-hydrogen) atoms. The van der Waals surface area contributed by atoms with Gasteiger partial charge in [-0.15, -0.1) is 12.4 Å². The van der Waals surface area contributed by atoms with E-state index in [-0.39, 0.29) is 30.3 Å². The standard InChI is InChI=1S/C14H27N3O2.ClH/c1-3-8-16(9-4-2)13(18)5-6-14(19)17-10-7-12(15)11-17;/h12H,3-11,15H2,1-2H3;1H/t12-;/m1./s1. The molecular weight excluding hydrogens is 278 g/mol. The van der Waals surface area contributed by atoms with Crippen molar-refractivity contribution in [2.24, 2.45) is 5.73 Å². The molecule has 2 N–H and O–H groups in total. The van der Waals surface area contributed by atoms with Crippen LogP contribution in [0.3, 0.4) is 0 Å². The number of carbonyl (C=O) groups excluding carboxylic acids is 2. The Hall–Kier alpha value is -0.810. The highest BCUT2D eigenvalue weighted by atomic mass is 35.5. The number of nitrogens with two attached hydrogens (primary N) is 1. The zero-order valence-corrected chi connectivity index (χ0v) is 13.5. The Bertz CT molecular complexity index is 307. The summed E-state index contributed by atoms with van der Waals surface area (Å²) in [5.74, 6) is 0.162. The van der Waals surface area contributed by atoms with E-state index < -0.39 is 0 Å². The van der Waals surface area contributed by atoms with Gasteiger partial charge in [-0.3, -0.25) is 9.59 Å². The van der Waals surface area contributed by atoms with Crippen LogP contribution in [0.4, 0.5) is 0 Å². The highest BCUT2D eigenvalue weighted by molar-refractivity contribution is 5.85. The molecule has 0 aromatic heterocycles. The van der Waals surface area contributed by atoms with Crippen molar-refractivity contribution in [2.75, 3.05) is 26.2 Å². The van der Waals surface area contributed by atoms with E-state index in [4.69, 9.17) is 5.73 Å². The topological polar surface area (TPSA) is 66.6 Å². The summed E-state index contributed by atoms with van der Waals surface area (Å²) in [5, 5.41) is 0. The predicted octanol–water partition coefficient (Wildman–Crippen LogP) is 1.40. The molecule has 1 rings (SSSR count). The Balaban J connectivity index is 0.00000361. The number of halogens is 1. The van der Waals surface area contributed by atoms with Crippen molar-refractivity contribution in [2.45, 2.75) is 52.0 Å². The first-order valence-electron chi connectivity index (χ1n) is 7.39. The van der Waals surface area contributed by atoms with Gasteiger partial charge < -0.3 is 15.5 Å². The molecule has 0 radical (unpaired) electrons. The maximum Gasteiger partial charge on any atom is 0.223 e. The molecule has 0 spiro atoms. The second-order valence-corrected chi connectivity index (χ2v) is 5.27. The Morgan fingerprint density at radius 3 is 2.25 bits per heavy atom. The Kier molecular flexibility index (Phi) is 9.59. The molecule has 0 unspecified atom stereocenters. The van der Waals surface area contributed by atoms with Crippen LogP contribution < -0.4 is 5.73 Å². The fourth-order valence-corrected chi connectivity index (χ4v) is 2.44. The van der Waals surface area contributed by atoms with Crippen molar-refractivity contribution in [1.29, 1.82) is 0 Å². The van der Waals surface area contributed by atoms with Crippen LogP contribution in [0, 0.1) is 0 Å². The van der Waals surface area contributed by atoms with Crippen molar-refractivity contribution in [3.05, 3.63) is 0 Å². The SMILES string of the molecule is CCCN(CCC)C(=O)CCC(=O)N1CC[C@@H](N)C1.Cl. The Morgan fingerprint density at radius 1 is 1.20 bits per heavy atom. The van der Waals surface area contributed by atoms with E-state index in [1.54, 1.807) is 4.90 Å². The van der Waals surface area contributed by atoms with Crippen LogP contribution in [0.5, 0.6) is 0 Å². The van der Waals surface area contributed by atoms with Crippen molar-refractivity contribution < 1.29 is 9.59 Å². The van der Waals surface area contributed by atoms with Crippen LogP contribution in [0.1, 0.15) is 46.0 Å². The minimum Gasteiger partial charge on any atom is -0.343 e. The summed E-state index contributed by atoms with van der Waals surface area (Å²) in [7, 11) is 0. The highest BCUT2D eigenvalue weighted by Crippen LogP contribution is 2.10. The van der Waals surface area contributed by atoms with Gasteiger partial charge >= 0.3 is 0 Å². The van der Waals surface area contributed by atoms with Crippen LogP contribution in [-0.4, -0.2) is 53.8 Å². The van der Waals surface area contributed by atoms with E-state index in [9.17, 15) is 9.59 Å². The average molecular weight is 306 g/mol. The van der Waals surface area contributed by atoms with Gasteiger partial charge in [0.15, 0.2) is 0 Å². The first kappa shape index (κ1) is 19.2. The van der Waals surface area contributed by atoms with Gasteiger partial charge in [0.05, 0.1) is 0 Å². The molecular formula is C14H28ClN3O2. The average Bonchev–Trinajstić information content (AvgIpc) is 2.82. The summed E-state index contributed by atoms with van der Waals surface area (Å²) in [6, 6.07) is 0.108. The van der Waals surface area contributed by atoms with Gasteiger partial charge in [-0.2, -0.15) is 0 Å². The number of hydrogen-bond donors (Lipinski definition) is 1. The first-order valence-corrected chi connectivity index (χ1v) is 7.39. The molecule has 1 heterocycles. The number of amides is 2. The fourth-order valence-electron chi connectivity index (χ4n) is 2.44. The normalized spacial score (nSPS) is 17.8. The number of rotatable bonds is 7. The summed E-state index contributed by atoms with van der Waals surface area (Å²) in [6.07, 6.45) is 3.43. The molecule has 118 valence electrons. The molecule has 2 amide bonds. The zero-order chi connectivity index (χ0) is 14.3. The summed E-state index contributed by atoms with van der Waals surface area (Å²) in [6.45, 7) is 7.08. The number of carbonyl (C=O) groups is 2. The van der Waals surface area contributed by atoms with Crippen LogP contribution >= 0.6 is 12.4 Å². The number of nitrogens with zero attached hydrogens (tertiary/aromatic N) is 2. The molecule has 0 aromatic carbocycles. The van der Waals surface area contributed by atoms with Crippen LogP contribution in [-0.2, 0) is 9.59 Å². The van der Waals surface area contributed by atoms with Gasteiger partial charge in [0, 0.05) is 45.1 Å². The van der Waals surface area contributed by atoms with Gasteiger partial charge in [-0.25, -0.2) is 0 Å². The third-order valence-electron chi connectivity index (χ3n) is 3.47. The summed E-state index contributed by atoms with van der Waals surface area (Å²) in [4.78, 5) is 27.6. The largest absolute Gasteiger partial charge is 0.343 e. The third-order valence-corrected chi connectivity index (χ3v) is 3.47. The predicted molar refractivity (Wildman–Crippen MR) is 82.8 cm³/mol. The molecule has 6 heteroatoms. The molecule has 1 saturated heterocycles. The van der Waals surface area contributed by atoms with Gasteiger partial charge in [-0.1, -0.05) is 13.8 Å². The van der Waals surface area contributed by atoms with Crippen LogP contribution in [0.15, 0.2) is 0 Å². The molecule has 1 aliphatic heterocycles. The lowest BCUT2D eigenvalue weighted by atomic mass is 10.2. The van der Waals surface area contributed by atoms with Gasteiger partial charge in [-0.05, 0) is 19.3 Å². The maximum absolute atomic E-state index is 12.0. The zero-order valence-electron chi connectivity index (χ0n) is 12.6. The lowest BCUT2D eigenvalue weighted by molar-refractivity contribution is -0.136. The van der Waals surface area contributed by atoms with E-state index >= 15 is 0 Å². The van der Waals surface area contributed by atoms with E-state index in [1.807, 2.05) is 4.90 Å². The Labute approximate surface area is 128 Å². The number of hydrogen-bond acceptors (Lipinski definition) is 3. The molecule has 1 atom stereocenters. The monoisotopic (exact) mass is 305 g/mol. The third kappa shape index (κ3) is 6.09. The number of likely N-dealkylation sites (tertiary alicyclic amines) is 1. The maximum atomic E-state index is 12.0. The minimum absolute atomic E-state index is 0. The summed E-state index contributed by atoms with van der Waals surface area (Å²) in [5.41, 5.74) is 5.78. The van der Waals surface area contributed by atoms with E-state index in [1.165, 1.54) is 0 Å². The van der Waals surface area contributed by atoms with Crippen LogP contribution in [0.25, 0.3) is 0 Å². The smallest absolute Gasteiger partial charge is 0.223 e. The molecule has 0 aliphatic carbocycles.